The Bertz CT molecular complexity index is 1060. The fourth-order valence-electron chi connectivity index (χ4n) is 3.62. The Morgan fingerprint density at radius 1 is 1.22 bits per heavy atom. The second kappa shape index (κ2) is 6.49. The summed E-state index contributed by atoms with van der Waals surface area (Å²) >= 11 is 1.47. The van der Waals surface area contributed by atoms with Crippen molar-refractivity contribution in [3.05, 3.63) is 51.5 Å². The van der Waals surface area contributed by atoms with Crippen LogP contribution in [0.15, 0.2) is 24.3 Å². The Kier molecular flexibility index (Phi) is 4.26. The molecule has 0 spiro atoms. The van der Waals surface area contributed by atoms with Crippen molar-refractivity contribution in [3.63, 3.8) is 0 Å². The largest absolute Gasteiger partial charge is 0.478 e. The van der Waals surface area contributed by atoms with Gasteiger partial charge in [-0.05, 0) is 41.7 Å². The number of amides is 1. The molecular formula is C20H21N3O3S. The minimum atomic E-state index is -0.945. The lowest BCUT2D eigenvalue weighted by Crippen LogP contribution is -2.35. The van der Waals surface area contributed by atoms with Crippen LogP contribution in [0, 0.1) is 0 Å². The molecule has 140 valence electrons. The monoisotopic (exact) mass is 383 g/mol. The van der Waals surface area contributed by atoms with Crippen molar-refractivity contribution < 1.29 is 14.7 Å². The van der Waals surface area contributed by atoms with Crippen molar-refractivity contribution in [1.82, 2.24) is 14.7 Å². The number of hydrogen-bond donors (Lipinski definition) is 1. The number of benzene rings is 1. The van der Waals surface area contributed by atoms with Gasteiger partial charge in [-0.15, -0.1) is 11.3 Å². The fraction of sp³-hybridized carbons (Fsp3) is 0.350. The number of carbonyl (C=O) groups excluding carboxylic acids is 1. The van der Waals surface area contributed by atoms with E-state index in [0.717, 1.165) is 33.5 Å². The molecule has 0 unspecified atom stereocenters. The fourth-order valence-corrected chi connectivity index (χ4v) is 4.67. The highest BCUT2D eigenvalue weighted by molar-refractivity contribution is 7.20. The van der Waals surface area contributed by atoms with E-state index in [1.807, 2.05) is 23.9 Å². The number of aromatic carboxylic acids is 1. The zero-order valence-electron chi connectivity index (χ0n) is 15.5. The molecular weight excluding hydrogens is 362 g/mol. The molecule has 27 heavy (non-hydrogen) atoms. The first-order valence-corrected chi connectivity index (χ1v) is 9.77. The van der Waals surface area contributed by atoms with Gasteiger partial charge in [-0.2, -0.15) is 5.10 Å². The van der Waals surface area contributed by atoms with Gasteiger partial charge in [0.05, 0.1) is 16.1 Å². The molecule has 4 rings (SSSR count). The normalized spacial score (nSPS) is 14.0. The Balaban J connectivity index is 1.64. The molecule has 7 heteroatoms. The Hall–Kier alpha value is -2.67. The number of aromatic nitrogens is 2. The van der Waals surface area contributed by atoms with E-state index in [2.05, 4.69) is 18.9 Å². The molecule has 0 radical (unpaired) electrons. The van der Waals surface area contributed by atoms with Crippen molar-refractivity contribution in [2.75, 3.05) is 6.54 Å². The molecule has 0 aliphatic carbocycles. The average molecular weight is 383 g/mol. The van der Waals surface area contributed by atoms with Gasteiger partial charge in [-0.1, -0.05) is 19.9 Å². The standard InChI is InChI=1S/C20H21N3O3S/c1-11(2)17-15-9-16(27-19(15)22(3)21-17)18(24)23-7-6-12-4-5-13(20(25)26)8-14(12)10-23/h4-5,8-9,11H,6-7,10H2,1-3H3,(H,25,26). The topological polar surface area (TPSA) is 75.4 Å². The van der Waals surface area contributed by atoms with E-state index in [9.17, 15) is 14.7 Å². The van der Waals surface area contributed by atoms with Gasteiger partial charge in [0.25, 0.3) is 5.91 Å². The predicted molar refractivity (Wildman–Crippen MR) is 105 cm³/mol. The summed E-state index contributed by atoms with van der Waals surface area (Å²) in [6, 6.07) is 7.13. The number of carboxylic acids is 1. The number of fused-ring (bicyclic) bond motifs is 2. The van der Waals surface area contributed by atoms with Gasteiger partial charge in [-0.25, -0.2) is 4.79 Å². The minimum absolute atomic E-state index is 0.00251. The molecule has 1 amide bonds. The average Bonchev–Trinajstić information content (AvgIpc) is 3.20. The van der Waals surface area contributed by atoms with E-state index in [0.29, 0.717) is 23.9 Å². The third-order valence-electron chi connectivity index (χ3n) is 5.05. The summed E-state index contributed by atoms with van der Waals surface area (Å²) < 4.78 is 1.84. The molecule has 3 aromatic rings. The molecule has 2 aromatic heterocycles. The SMILES string of the molecule is CC(C)c1nn(C)c2sc(C(=O)N3CCc4ccc(C(=O)O)cc4C3)cc12. The number of thiophene rings is 1. The molecule has 0 saturated carbocycles. The van der Waals surface area contributed by atoms with E-state index < -0.39 is 5.97 Å². The molecule has 0 bridgehead atoms. The summed E-state index contributed by atoms with van der Waals surface area (Å²) in [7, 11) is 1.91. The van der Waals surface area contributed by atoms with E-state index in [-0.39, 0.29) is 11.5 Å². The summed E-state index contributed by atoms with van der Waals surface area (Å²) in [5.74, 6) is -0.653. The van der Waals surface area contributed by atoms with Crippen molar-refractivity contribution >= 4 is 33.4 Å². The van der Waals surface area contributed by atoms with Gasteiger partial charge in [0.2, 0.25) is 0 Å². The molecule has 1 aliphatic heterocycles. The summed E-state index contributed by atoms with van der Waals surface area (Å²) in [5.41, 5.74) is 3.31. The van der Waals surface area contributed by atoms with Crippen LogP contribution in [0.4, 0.5) is 0 Å². The first-order chi connectivity index (χ1) is 12.8. The number of nitrogens with zero attached hydrogens (tertiary/aromatic N) is 3. The third kappa shape index (κ3) is 3.02. The van der Waals surface area contributed by atoms with E-state index >= 15 is 0 Å². The zero-order chi connectivity index (χ0) is 19.3. The van der Waals surface area contributed by atoms with Crippen LogP contribution in [0.3, 0.4) is 0 Å². The van der Waals surface area contributed by atoms with E-state index in [4.69, 9.17) is 0 Å². The second-order valence-corrected chi connectivity index (χ2v) is 8.29. The zero-order valence-corrected chi connectivity index (χ0v) is 16.3. The smallest absolute Gasteiger partial charge is 0.335 e. The van der Waals surface area contributed by atoms with Crippen LogP contribution in [0.2, 0.25) is 0 Å². The van der Waals surface area contributed by atoms with Crippen LogP contribution in [-0.2, 0) is 20.0 Å². The quantitative estimate of drug-likeness (QED) is 0.749. The van der Waals surface area contributed by atoms with E-state index in [1.165, 1.54) is 11.3 Å². The van der Waals surface area contributed by atoms with Gasteiger partial charge in [-0.3, -0.25) is 9.48 Å². The van der Waals surface area contributed by atoms with Gasteiger partial charge in [0.15, 0.2) is 0 Å². The molecule has 0 fully saturated rings. The van der Waals surface area contributed by atoms with Crippen LogP contribution in [0.1, 0.15) is 56.6 Å². The minimum Gasteiger partial charge on any atom is -0.478 e. The van der Waals surface area contributed by atoms with Crippen LogP contribution in [-0.4, -0.2) is 38.2 Å². The summed E-state index contributed by atoms with van der Waals surface area (Å²) in [6.07, 6.45) is 0.741. The van der Waals surface area contributed by atoms with Gasteiger partial charge in [0.1, 0.15) is 4.83 Å². The molecule has 1 aliphatic rings. The van der Waals surface area contributed by atoms with Crippen LogP contribution >= 0.6 is 11.3 Å². The van der Waals surface area contributed by atoms with Crippen molar-refractivity contribution in [3.8, 4) is 0 Å². The molecule has 1 N–H and O–H groups in total. The molecule has 1 aromatic carbocycles. The summed E-state index contributed by atoms with van der Waals surface area (Å²) in [5, 5.41) is 14.8. The first kappa shape index (κ1) is 17.7. The van der Waals surface area contributed by atoms with Crippen LogP contribution in [0.5, 0.6) is 0 Å². The summed E-state index contributed by atoms with van der Waals surface area (Å²) in [4.78, 5) is 27.8. The molecule has 0 saturated heterocycles. The predicted octanol–water partition coefficient (Wildman–Crippen LogP) is 3.65. The van der Waals surface area contributed by atoms with Crippen molar-refractivity contribution in [1.29, 1.82) is 0 Å². The first-order valence-electron chi connectivity index (χ1n) is 8.96. The van der Waals surface area contributed by atoms with E-state index in [1.54, 1.807) is 17.0 Å². The highest BCUT2D eigenvalue weighted by atomic mass is 32.1. The maximum atomic E-state index is 13.1. The number of aryl methyl sites for hydroxylation is 1. The lowest BCUT2D eigenvalue weighted by molar-refractivity contribution is 0.0696. The number of carboxylic acid groups (broad SMARTS) is 1. The lowest BCUT2D eigenvalue weighted by Gasteiger charge is -2.28. The number of rotatable bonds is 3. The maximum Gasteiger partial charge on any atom is 0.335 e. The van der Waals surface area contributed by atoms with Gasteiger partial charge < -0.3 is 10.0 Å². The van der Waals surface area contributed by atoms with Gasteiger partial charge in [0, 0.05) is 25.5 Å². The van der Waals surface area contributed by atoms with Crippen LogP contribution < -0.4 is 0 Å². The molecule has 0 atom stereocenters. The molecule has 6 nitrogen and oxygen atoms in total. The Morgan fingerprint density at radius 2 is 2.00 bits per heavy atom. The number of hydrogen-bond acceptors (Lipinski definition) is 4. The number of carbonyl (C=O) groups is 2. The molecule has 3 heterocycles. The second-order valence-electron chi connectivity index (χ2n) is 7.26. The third-order valence-corrected chi connectivity index (χ3v) is 6.24. The highest BCUT2D eigenvalue weighted by Crippen LogP contribution is 2.33. The Morgan fingerprint density at radius 3 is 2.70 bits per heavy atom. The van der Waals surface area contributed by atoms with Crippen molar-refractivity contribution in [2.45, 2.75) is 32.7 Å². The van der Waals surface area contributed by atoms with Crippen LogP contribution in [0.25, 0.3) is 10.2 Å². The Labute approximate surface area is 161 Å². The van der Waals surface area contributed by atoms with Gasteiger partial charge >= 0.3 is 5.97 Å². The lowest BCUT2D eigenvalue weighted by atomic mass is 9.97. The van der Waals surface area contributed by atoms with Crippen molar-refractivity contribution in [2.24, 2.45) is 7.05 Å². The summed E-state index contributed by atoms with van der Waals surface area (Å²) in [6.45, 7) is 5.28. The maximum absolute atomic E-state index is 13.1. The highest BCUT2D eigenvalue weighted by Gasteiger charge is 2.25.